The van der Waals surface area contributed by atoms with E-state index < -0.39 is 10.0 Å². The summed E-state index contributed by atoms with van der Waals surface area (Å²) in [7, 11) is -3.63. The van der Waals surface area contributed by atoms with Crippen LogP contribution in [-0.2, 0) is 10.0 Å². The Labute approximate surface area is 178 Å². The molecule has 0 atom stereocenters. The third-order valence-corrected chi connectivity index (χ3v) is 7.74. The minimum Gasteiger partial charge on any atom is -0.336 e. The number of nitrogens with zero attached hydrogens (tertiary/aromatic N) is 2. The van der Waals surface area contributed by atoms with Crippen molar-refractivity contribution in [2.75, 3.05) is 26.2 Å². The van der Waals surface area contributed by atoms with Crippen LogP contribution in [0.5, 0.6) is 0 Å². The molecular formula is C24H26N2O3S. The highest BCUT2D eigenvalue weighted by Gasteiger charge is 2.32. The number of piperazine rings is 1. The first kappa shape index (κ1) is 20.6. The van der Waals surface area contributed by atoms with Crippen LogP contribution in [0.4, 0.5) is 0 Å². The Hall–Kier alpha value is -2.70. The standard InChI is InChI=1S/C24H26N2O3S/c1-17-15-18(2)23(19(3)16-17)24(27)25-11-13-26(14-12-25)30(28,29)22-10-6-8-20-7-4-5-9-21(20)22/h4-10,15-16H,11-14H2,1-3H3. The van der Waals surface area contributed by atoms with Gasteiger partial charge in [0, 0.05) is 37.1 Å². The van der Waals surface area contributed by atoms with Crippen molar-refractivity contribution in [3.63, 3.8) is 0 Å². The summed E-state index contributed by atoms with van der Waals surface area (Å²) in [6.45, 7) is 7.28. The minimum atomic E-state index is -3.63. The molecule has 0 aromatic heterocycles. The largest absolute Gasteiger partial charge is 0.336 e. The smallest absolute Gasteiger partial charge is 0.254 e. The molecule has 156 valence electrons. The van der Waals surface area contributed by atoms with E-state index in [2.05, 4.69) is 0 Å². The average Bonchev–Trinajstić information content (AvgIpc) is 2.72. The molecule has 4 rings (SSSR count). The van der Waals surface area contributed by atoms with Crippen molar-refractivity contribution < 1.29 is 13.2 Å². The van der Waals surface area contributed by atoms with E-state index in [1.165, 1.54) is 4.31 Å². The Kier molecular flexibility index (Phi) is 5.38. The van der Waals surface area contributed by atoms with Crippen molar-refractivity contribution in [2.45, 2.75) is 25.7 Å². The molecule has 3 aromatic rings. The molecule has 3 aromatic carbocycles. The fourth-order valence-corrected chi connectivity index (χ4v) is 6.00. The number of benzene rings is 3. The van der Waals surface area contributed by atoms with Crippen molar-refractivity contribution in [3.05, 3.63) is 76.9 Å². The van der Waals surface area contributed by atoms with Crippen LogP contribution >= 0.6 is 0 Å². The van der Waals surface area contributed by atoms with Gasteiger partial charge in [0.2, 0.25) is 10.0 Å². The first-order chi connectivity index (χ1) is 14.3. The number of carbonyl (C=O) groups is 1. The van der Waals surface area contributed by atoms with Gasteiger partial charge in [-0.3, -0.25) is 4.79 Å². The van der Waals surface area contributed by atoms with Crippen LogP contribution < -0.4 is 0 Å². The molecule has 1 amide bonds. The normalized spacial score (nSPS) is 15.5. The molecule has 1 saturated heterocycles. The van der Waals surface area contributed by atoms with E-state index in [0.717, 1.165) is 33.0 Å². The van der Waals surface area contributed by atoms with Crippen LogP contribution in [-0.4, -0.2) is 49.7 Å². The zero-order valence-electron chi connectivity index (χ0n) is 17.6. The molecule has 0 aliphatic carbocycles. The van der Waals surface area contributed by atoms with E-state index >= 15 is 0 Å². The third-order valence-electron chi connectivity index (χ3n) is 5.78. The van der Waals surface area contributed by atoms with Crippen LogP contribution in [0.3, 0.4) is 0 Å². The van der Waals surface area contributed by atoms with Crippen LogP contribution in [0.15, 0.2) is 59.5 Å². The van der Waals surface area contributed by atoms with Gasteiger partial charge < -0.3 is 4.90 Å². The highest BCUT2D eigenvalue weighted by Crippen LogP contribution is 2.27. The van der Waals surface area contributed by atoms with Crippen LogP contribution in [0.1, 0.15) is 27.0 Å². The number of sulfonamides is 1. The van der Waals surface area contributed by atoms with Gasteiger partial charge in [-0.1, -0.05) is 54.1 Å². The van der Waals surface area contributed by atoms with Gasteiger partial charge in [0.05, 0.1) is 4.90 Å². The predicted octanol–water partition coefficient (Wildman–Crippen LogP) is 3.91. The summed E-state index contributed by atoms with van der Waals surface area (Å²) < 4.78 is 28.1. The average molecular weight is 423 g/mol. The van der Waals surface area contributed by atoms with E-state index in [9.17, 15) is 13.2 Å². The van der Waals surface area contributed by atoms with Crippen LogP contribution in [0.2, 0.25) is 0 Å². The quantitative estimate of drug-likeness (QED) is 0.643. The first-order valence-electron chi connectivity index (χ1n) is 10.1. The number of fused-ring (bicyclic) bond motifs is 1. The minimum absolute atomic E-state index is 0.0211. The molecule has 1 fully saturated rings. The first-order valence-corrected chi connectivity index (χ1v) is 11.6. The molecule has 0 spiro atoms. The Morgan fingerprint density at radius 2 is 1.43 bits per heavy atom. The van der Waals surface area contributed by atoms with Crippen molar-refractivity contribution in [3.8, 4) is 0 Å². The molecule has 6 heteroatoms. The van der Waals surface area contributed by atoms with Gasteiger partial charge in [-0.2, -0.15) is 4.31 Å². The summed E-state index contributed by atoms with van der Waals surface area (Å²) in [5.74, 6) is -0.0211. The number of hydrogen-bond acceptors (Lipinski definition) is 3. The molecule has 30 heavy (non-hydrogen) atoms. The number of rotatable bonds is 3. The van der Waals surface area contributed by atoms with Crippen LogP contribution in [0, 0.1) is 20.8 Å². The van der Waals surface area contributed by atoms with Gasteiger partial charge in [-0.15, -0.1) is 0 Å². The van der Waals surface area contributed by atoms with Gasteiger partial charge in [0.15, 0.2) is 0 Å². The number of carbonyl (C=O) groups excluding carboxylic acids is 1. The fraction of sp³-hybridized carbons (Fsp3) is 0.292. The summed E-state index contributed by atoms with van der Waals surface area (Å²) in [5.41, 5.74) is 3.78. The maximum Gasteiger partial charge on any atom is 0.254 e. The third kappa shape index (κ3) is 3.61. The molecule has 0 unspecified atom stereocenters. The SMILES string of the molecule is Cc1cc(C)c(C(=O)N2CCN(S(=O)(=O)c3cccc4ccccc34)CC2)c(C)c1. The van der Waals surface area contributed by atoms with E-state index in [4.69, 9.17) is 0 Å². The molecule has 0 saturated carbocycles. The lowest BCUT2D eigenvalue weighted by Crippen LogP contribution is -2.50. The summed E-state index contributed by atoms with van der Waals surface area (Å²) in [5, 5.41) is 1.63. The van der Waals surface area contributed by atoms with E-state index in [0.29, 0.717) is 31.1 Å². The number of aryl methyl sites for hydroxylation is 3. The molecule has 0 N–H and O–H groups in total. The summed E-state index contributed by atoms with van der Waals surface area (Å²) >= 11 is 0. The molecule has 5 nitrogen and oxygen atoms in total. The second-order valence-corrected chi connectivity index (χ2v) is 9.85. The molecule has 1 heterocycles. The summed E-state index contributed by atoms with van der Waals surface area (Å²) in [4.78, 5) is 15.2. The number of hydrogen-bond donors (Lipinski definition) is 0. The predicted molar refractivity (Wildman–Crippen MR) is 119 cm³/mol. The summed E-state index contributed by atoms with van der Waals surface area (Å²) in [6, 6.07) is 16.9. The summed E-state index contributed by atoms with van der Waals surface area (Å²) in [6.07, 6.45) is 0. The van der Waals surface area contributed by atoms with Gasteiger partial charge in [-0.25, -0.2) is 8.42 Å². The van der Waals surface area contributed by atoms with Gasteiger partial charge in [-0.05, 0) is 43.4 Å². The maximum absolute atomic E-state index is 13.3. The highest BCUT2D eigenvalue weighted by molar-refractivity contribution is 7.89. The Balaban J connectivity index is 1.55. The fourth-order valence-electron chi connectivity index (χ4n) is 4.37. The lowest BCUT2D eigenvalue weighted by Gasteiger charge is -2.34. The Morgan fingerprint density at radius 1 is 0.833 bits per heavy atom. The number of amides is 1. The van der Waals surface area contributed by atoms with Crippen molar-refractivity contribution in [1.82, 2.24) is 9.21 Å². The topological polar surface area (TPSA) is 57.7 Å². The maximum atomic E-state index is 13.3. The zero-order chi connectivity index (χ0) is 21.5. The van der Waals surface area contributed by atoms with E-state index in [-0.39, 0.29) is 5.91 Å². The van der Waals surface area contributed by atoms with Gasteiger partial charge in [0.1, 0.15) is 0 Å². The van der Waals surface area contributed by atoms with Gasteiger partial charge in [0.25, 0.3) is 5.91 Å². The van der Waals surface area contributed by atoms with E-state index in [1.54, 1.807) is 17.0 Å². The lowest BCUT2D eigenvalue weighted by atomic mass is 9.98. The molecule has 1 aliphatic heterocycles. The molecule has 0 bridgehead atoms. The molecule has 0 radical (unpaired) electrons. The zero-order valence-corrected chi connectivity index (χ0v) is 18.4. The monoisotopic (exact) mass is 422 g/mol. The van der Waals surface area contributed by atoms with Crippen molar-refractivity contribution in [2.24, 2.45) is 0 Å². The Bertz CT molecular complexity index is 1200. The van der Waals surface area contributed by atoms with Crippen molar-refractivity contribution >= 4 is 26.7 Å². The lowest BCUT2D eigenvalue weighted by molar-refractivity contribution is 0.0696. The van der Waals surface area contributed by atoms with Crippen LogP contribution in [0.25, 0.3) is 10.8 Å². The highest BCUT2D eigenvalue weighted by atomic mass is 32.2. The molecular weight excluding hydrogens is 396 g/mol. The van der Waals surface area contributed by atoms with E-state index in [1.807, 2.05) is 63.2 Å². The second-order valence-electron chi connectivity index (χ2n) is 7.95. The van der Waals surface area contributed by atoms with Crippen molar-refractivity contribution in [1.29, 1.82) is 0 Å². The Morgan fingerprint density at radius 3 is 2.10 bits per heavy atom. The molecule has 1 aliphatic rings. The van der Waals surface area contributed by atoms with Gasteiger partial charge >= 0.3 is 0 Å². The second kappa shape index (κ2) is 7.85.